The molecule has 0 aliphatic heterocycles. The van der Waals surface area contributed by atoms with Gasteiger partial charge in [0.2, 0.25) is 0 Å². The van der Waals surface area contributed by atoms with Crippen molar-refractivity contribution in [3.63, 3.8) is 0 Å². The molecule has 1 aromatic carbocycles. The van der Waals surface area contributed by atoms with Gasteiger partial charge in [-0.05, 0) is 25.0 Å². The van der Waals surface area contributed by atoms with Crippen molar-refractivity contribution in [2.45, 2.75) is 23.8 Å². The molecular formula is C12H15FN2OS. The third-order valence-electron chi connectivity index (χ3n) is 2.39. The molecule has 2 rings (SSSR count). The standard InChI is InChI=1S/C12H15FN2OS/c13-10-3-1-2-4-11(10)17-8-7-14-12(16)15-9-5-6-9/h1-4,9H,5-8H2,(H2,14,15,16). The summed E-state index contributed by atoms with van der Waals surface area (Å²) in [6.45, 7) is 0.539. The number of urea groups is 1. The summed E-state index contributed by atoms with van der Waals surface area (Å²) in [7, 11) is 0. The smallest absolute Gasteiger partial charge is 0.315 e. The first-order chi connectivity index (χ1) is 8.25. The van der Waals surface area contributed by atoms with Gasteiger partial charge in [-0.25, -0.2) is 9.18 Å². The van der Waals surface area contributed by atoms with Gasteiger partial charge in [-0.2, -0.15) is 0 Å². The Bertz CT molecular complexity index is 396. The molecule has 0 bridgehead atoms. The molecule has 1 saturated carbocycles. The fourth-order valence-corrected chi connectivity index (χ4v) is 2.16. The van der Waals surface area contributed by atoms with Gasteiger partial charge in [0.15, 0.2) is 0 Å². The van der Waals surface area contributed by atoms with Gasteiger partial charge in [-0.3, -0.25) is 0 Å². The number of rotatable bonds is 5. The summed E-state index contributed by atoms with van der Waals surface area (Å²) in [5.41, 5.74) is 0. The van der Waals surface area contributed by atoms with Crippen molar-refractivity contribution >= 4 is 17.8 Å². The number of carbonyl (C=O) groups is 1. The Hall–Kier alpha value is -1.23. The molecule has 1 fully saturated rings. The first-order valence-corrected chi connectivity index (χ1v) is 6.66. The van der Waals surface area contributed by atoms with Crippen LogP contribution in [0.1, 0.15) is 12.8 Å². The minimum atomic E-state index is -0.208. The van der Waals surface area contributed by atoms with E-state index < -0.39 is 0 Å². The maximum atomic E-state index is 13.2. The number of amides is 2. The van der Waals surface area contributed by atoms with Crippen molar-refractivity contribution in [1.82, 2.24) is 10.6 Å². The lowest BCUT2D eigenvalue weighted by Gasteiger charge is -2.06. The van der Waals surface area contributed by atoms with Crippen molar-refractivity contribution in [1.29, 1.82) is 0 Å². The molecule has 0 atom stereocenters. The van der Waals surface area contributed by atoms with Crippen LogP contribution in [0.2, 0.25) is 0 Å². The summed E-state index contributed by atoms with van der Waals surface area (Å²) in [5, 5.41) is 5.58. The number of hydrogen-bond acceptors (Lipinski definition) is 2. The van der Waals surface area contributed by atoms with Crippen LogP contribution in [-0.2, 0) is 0 Å². The summed E-state index contributed by atoms with van der Waals surface area (Å²) in [4.78, 5) is 11.9. The van der Waals surface area contributed by atoms with Gasteiger partial charge in [0.05, 0.1) is 0 Å². The Labute approximate surface area is 104 Å². The van der Waals surface area contributed by atoms with Crippen LogP contribution in [0.5, 0.6) is 0 Å². The second kappa shape index (κ2) is 5.91. The predicted octanol–water partition coefficient (Wildman–Crippen LogP) is 2.38. The summed E-state index contributed by atoms with van der Waals surface area (Å²) < 4.78 is 13.2. The van der Waals surface area contributed by atoms with Crippen LogP contribution in [0.15, 0.2) is 29.2 Å². The summed E-state index contributed by atoms with van der Waals surface area (Å²) in [5.74, 6) is 0.457. The molecule has 0 saturated heterocycles. The molecule has 1 aliphatic rings. The van der Waals surface area contributed by atoms with Crippen molar-refractivity contribution in [2.75, 3.05) is 12.3 Å². The minimum absolute atomic E-state index is 0.123. The molecule has 2 N–H and O–H groups in total. The Morgan fingerprint density at radius 1 is 1.41 bits per heavy atom. The first-order valence-electron chi connectivity index (χ1n) is 5.67. The summed E-state index contributed by atoms with van der Waals surface area (Å²) >= 11 is 1.41. The van der Waals surface area contributed by atoms with E-state index in [0.717, 1.165) is 12.8 Å². The number of hydrogen-bond donors (Lipinski definition) is 2. The highest BCUT2D eigenvalue weighted by Crippen LogP contribution is 2.20. The van der Waals surface area contributed by atoms with Crippen molar-refractivity contribution in [2.24, 2.45) is 0 Å². The van der Waals surface area contributed by atoms with E-state index in [9.17, 15) is 9.18 Å². The van der Waals surface area contributed by atoms with Crippen molar-refractivity contribution < 1.29 is 9.18 Å². The van der Waals surface area contributed by atoms with Crippen LogP contribution in [0, 0.1) is 5.82 Å². The highest BCUT2D eigenvalue weighted by atomic mass is 32.2. The zero-order valence-corrected chi connectivity index (χ0v) is 10.2. The average molecular weight is 254 g/mol. The lowest BCUT2D eigenvalue weighted by Crippen LogP contribution is -2.37. The second-order valence-electron chi connectivity index (χ2n) is 3.95. The fourth-order valence-electron chi connectivity index (χ4n) is 1.35. The summed E-state index contributed by atoms with van der Waals surface area (Å²) in [6.07, 6.45) is 2.16. The van der Waals surface area contributed by atoms with Gasteiger partial charge in [-0.1, -0.05) is 12.1 Å². The van der Waals surface area contributed by atoms with Crippen LogP contribution >= 0.6 is 11.8 Å². The lowest BCUT2D eigenvalue weighted by atomic mass is 10.3. The van der Waals surface area contributed by atoms with Crippen LogP contribution in [-0.4, -0.2) is 24.4 Å². The monoisotopic (exact) mass is 254 g/mol. The Morgan fingerprint density at radius 2 is 2.18 bits per heavy atom. The predicted molar refractivity (Wildman–Crippen MR) is 66.7 cm³/mol. The van der Waals surface area contributed by atoms with E-state index in [2.05, 4.69) is 10.6 Å². The third kappa shape index (κ3) is 4.26. The van der Waals surface area contributed by atoms with Gasteiger partial charge in [0, 0.05) is 23.2 Å². The quantitative estimate of drug-likeness (QED) is 0.625. The number of carbonyl (C=O) groups excluding carboxylic acids is 1. The number of nitrogens with one attached hydrogen (secondary N) is 2. The molecule has 17 heavy (non-hydrogen) atoms. The third-order valence-corrected chi connectivity index (χ3v) is 3.44. The lowest BCUT2D eigenvalue weighted by molar-refractivity contribution is 0.241. The molecule has 1 aromatic rings. The Kier molecular flexibility index (Phi) is 4.25. The molecule has 0 radical (unpaired) electrons. The maximum absolute atomic E-state index is 13.2. The minimum Gasteiger partial charge on any atom is -0.337 e. The van der Waals surface area contributed by atoms with Gasteiger partial charge >= 0.3 is 6.03 Å². The van der Waals surface area contributed by atoms with E-state index in [-0.39, 0.29) is 11.8 Å². The van der Waals surface area contributed by atoms with Crippen molar-refractivity contribution in [3.8, 4) is 0 Å². The molecule has 2 amide bonds. The van der Waals surface area contributed by atoms with Crippen LogP contribution in [0.3, 0.4) is 0 Å². The fraction of sp³-hybridized carbons (Fsp3) is 0.417. The van der Waals surface area contributed by atoms with E-state index in [1.54, 1.807) is 18.2 Å². The zero-order chi connectivity index (χ0) is 12.1. The first kappa shape index (κ1) is 12.2. The number of benzene rings is 1. The van der Waals surface area contributed by atoms with Gasteiger partial charge in [-0.15, -0.1) is 11.8 Å². The van der Waals surface area contributed by atoms with E-state index in [4.69, 9.17) is 0 Å². The molecular weight excluding hydrogens is 239 g/mol. The molecule has 0 unspecified atom stereocenters. The maximum Gasteiger partial charge on any atom is 0.315 e. The topological polar surface area (TPSA) is 41.1 Å². The Morgan fingerprint density at radius 3 is 2.88 bits per heavy atom. The van der Waals surface area contributed by atoms with Gasteiger partial charge in [0.1, 0.15) is 5.82 Å². The molecule has 1 aliphatic carbocycles. The molecule has 0 heterocycles. The van der Waals surface area contributed by atoms with Crippen LogP contribution in [0.25, 0.3) is 0 Å². The van der Waals surface area contributed by atoms with Crippen molar-refractivity contribution in [3.05, 3.63) is 30.1 Å². The second-order valence-corrected chi connectivity index (χ2v) is 5.09. The van der Waals surface area contributed by atoms with E-state index in [1.807, 2.05) is 0 Å². The van der Waals surface area contributed by atoms with E-state index in [1.165, 1.54) is 17.8 Å². The van der Waals surface area contributed by atoms with Crippen LogP contribution < -0.4 is 10.6 Å². The molecule has 0 aromatic heterocycles. The average Bonchev–Trinajstić information content (AvgIpc) is 3.10. The normalized spacial score (nSPS) is 14.4. The highest BCUT2D eigenvalue weighted by molar-refractivity contribution is 7.99. The van der Waals surface area contributed by atoms with Gasteiger partial charge < -0.3 is 10.6 Å². The zero-order valence-electron chi connectivity index (χ0n) is 9.41. The summed E-state index contributed by atoms with van der Waals surface area (Å²) in [6, 6.07) is 6.90. The SMILES string of the molecule is O=C(NCCSc1ccccc1F)NC1CC1. The molecule has 92 valence electrons. The molecule has 0 spiro atoms. The molecule has 5 heteroatoms. The number of thioether (sulfide) groups is 1. The molecule has 3 nitrogen and oxygen atoms in total. The highest BCUT2D eigenvalue weighted by Gasteiger charge is 2.22. The largest absolute Gasteiger partial charge is 0.337 e. The van der Waals surface area contributed by atoms with E-state index >= 15 is 0 Å². The number of halogens is 1. The van der Waals surface area contributed by atoms with Gasteiger partial charge in [0.25, 0.3) is 0 Å². The van der Waals surface area contributed by atoms with E-state index in [0.29, 0.717) is 23.2 Å². The van der Waals surface area contributed by atoms with Crippen LogP contribution in [0.4, 0.5) is 9.18 Å². The Balaban J connectivity index is 1.62.